The minimum atomic E-state index is -4.21. The summed E-state index contributed by atoms with van der Waals surface area (Å²) in [4.78, 5) is 42.3. The standard InChI is InChI=1S/C37H40N4O7S2/c1-37(2,38-21-28(43)23-42)20-34(44)39-30-24-49-32-14-8-7-13-31(32)41(36(30)46)22-25-16-18-26(19-17-25)29-12-6-9-15-33(29)50(47,48)40-35(45)27-10-4-3-5-11-27/h3-19,28,30,38,42-43H,20-24H2,1-2H3,(H,39,44)(H,40,45)/t28-,30+/m0/s1. The lowest BCUT2D eigenvalue weighted by Crippen LogP contribution is -2.52. The summed E-state index contributed by atoms with van der Waals surface area (Å²) in [5.41, 5.74) is 2.03. The van der Waals surface area contributed by atoms with Crippen LogP contribution in [0.5, 0.6) is 0 Å². The number of para-hydroxylation sites is 1. The zero-order valence-electron chi connectivity index (χ0n) is 27.7. The largest absolute Gasteiger partial charge is 0.394 e. The molecule has 1 aliphatic rings. The molecule has 0 bridgehead atoms. The minimum absolute atomic E-state index is 0.0428. The van der Waals surface area contributed by atoms with Gasteiger partial charge >= 0.3 is 0 Å². The molecule has 13 heteroatoms. The molecule has 1 heterocycles. The van der Waals surface area contributed by atoms with Crippen molar-refractivity contribution in [1.82, 2.24) is 15.4 Å². The summed E-state index contributed by atoms with van der Waals surface area (Å²) in [6.07, 6.45) is -0.907. The summed E-state index contributed by atoms with van der Waals surface area (Å²) < 4.78 is 28.9. The van der Waals surface area contributed by atoms with Crippen molar-refractivity contribution in [2.24, 2.45) is 0 Å². The number of hydrogen-bond acceptors (Lipinski definition) is 9. The van der Waals surface area contributed by atoms with Gasteiger partial charge in [-0.2, -0.15) is 0 Å². The van der Waals surface area contributed by atoms with Crippen LogP contribution in [-0.4, -0.2) is 72.9 Å². The van der Waals surface area contributed by atoms with E-state index in [0.29, 0.717) is 22.6 Å². The Balaban J connectivity index is 1.33. The maximum absolute atomic E-state index is 14.0. The van der Waals surface area contributed by atoms with Crippen LogP contribution < -0.4 is 20.3 Å². The number of benzene rings is 4. The normalized spacial score (nSPS) is 15.5. The van der Waals surface area contributed by atoms with Gasteiger partial charge in [0.2, 0.25) is 5.91 Å². The number of rotatable bonds is 13. The van der Waals surface area contributed by atoms with Gasteiger partial charge in [0, 0.05) is 40.3 Å². The number of nitrogens with zero attached hydrogens (tertiary/aromatic N) is 1. The lowest BCUT2D eigenvalue weighted by Gasteiger charge is -2.29. The van der Waals surface area contributed by atoms with E-state index in [0.717, 1.165) is 10.5 Å². The van der Waals surface area contributed by atoms with Gasteiger partial charge in [0.15, 0.2) is 0 Å². The van der Waals surface area contributed by atoms with Crippen LogP contribution in [0.3, 0.4) is 0 Å². The maximum atomic E-state index is 14.0. The van der Waals surface area contributed by atoms with E-state index >= 15 is 0 Å². The average molecular weight is 717 g/mol. The van der Waals surface area contributed by atoms with Crippen molar-refractivity contribution in [1.29, 1.82) is 0 Å². The van der Waals surface area contributed by atoms with Crippen LogP contribution in [0.4, 0.5) is 5.69 Å². The number of carbonyl (C=O) groups excluding carboxylic acids is 3. The van der Waals surface area contributed by atoms with Gasteiger partial charge in [-0.25, -0.2) is 13.1 Å². The lowest BCUT2D eigenvalue weighted by molar-refractivity contribution is -0.128. The average Bonchev–Trinajstić information content (AvgIpc) is 3.23. The third-order valence-corrected chi connectivity index (χ3v) is 10.7. The number of carbonyl (C=O) groups is 3. The van der Waals surface area contributed by atoms with Gasteiger partial charge in [0.1, 0.15) is 6.04 Å². The second kappa shape index (κ2) is 16.0. The molecule has 1 aliphatic heterocycles. The first-order valence-corrected chi connectivity index (χ1v) is 18.5. The van der Waals surface area contributed by atoms with Gasteiger partial charge in [-0.15, -0.1) is 11.8 Å². The van der Waals surface area contributed by atoms with E-state index in [9.17, 15) is 27.9 Å². The number of sulfonamides is 1. The van der Waals surface area contributed by atoms with Gasteiger partial charge in [-0.3, -0.25) is 14.4 Å². The van der Waals surface area contributed by atoms with E-state index < -0.39 is 40.2 Å². The molecule has 0 saturated carbocycles. The summed E-state index contributed by atoms with van der Waals surface area (Å²) >= 11 is 1.48. The van der Waals surface area contributed by atoms with Crippen LogP contribution in [0, 0.1) is 0 Å². The topological polar surface area (TPSA) is 165 Å². The first-order chi connectivity index (χ1) is 23.9. The van der Waals surface area contributed by atoms with Crippen molar-refractivity contribution < 1.29 is 33.0 Å². The van der Waals surface area contributed by atoms with Gasteiger partial charge in [-0.05, 0) is 55.3 Å². The third kappa shape index (κ3) is 9.17. The molecule has 0 saturated heterocycles. The minimum Gasteiger partial charge on any atom is -0.394 e. The zero-order valence-corrected chi connectivity index (χ0v) is 29.3. The highest BCUT2D eigenvalue weighted by Crippen LogP contribution is 2.36. The number of thioether (sulfide) groups is 1. The molecule has 0 aromatic heterocycles. The number of hydrogen-bond donors (Lipinski definition) is 5. The number of aliphatic hydroxyl groups is 2. The first kappa shape index (κ1) is 36.7. The van der Waals surface area contributed by atoms with Crippen LogP contribution in [0.1, 0.15) is 36.2 Å². The quantitative estimate of drug-likeness (QED) is 0.139. The van der Waals surface area contributed by atoms with E-state index in [1.807, 2.05) is 36.4 Å². The van der Waals surface area contributed by atoms with E-state index in [1.165, 1.54) is 30.0 Å². The highest BCUT2D eigenvalue weighted by atomic mass is 32.2. The predicted molar refractivity (Wildman–Crippen MR) is 193 cm³/mol. The maximum Gasteiger partial charge on any atom is 0.264 e. The highest BCUT2D eigenvalue weighted by molar-refractivity contribution is 7.99. The Morgan fingerprint density at radius 3 is 2.32 bits per heavy atom. The highest BCUT2D eigenvalue weighted by Gasteiger charge is 2.33. The molecule has 262 valence electrons. The lowest BCUT2D eigenvalue weighted by atomic mass is 9.99. The molecule has 11 nitrogen and oxygen atoms in total. The molecule has 0 spiro atoms. The Hall–Kier alpha value is -4.53. The Morgan fingerprint density at radius 2 is 1.60 bits per heavy atom. The predicted octanol–water partition coefficient (Wildman–Crippen LogP) is 3.71. The number of amides is 3. The van der Waals surface area contributed by atoms with E-state index in [-0.39, 0.29) is 41.8 Å². The van der Waals surface area contributed by atoms with Crippen molar-refractivity contribution in [2.75, 3.05) is 23.8 Å². The summed E-state index contributed by atoms with van der Waals surface area (Å²) in [6.45, 7) is 3.53. The fraction of sp³-hybridized carbons (Fsp3) is 0.270. The summed E-state index contributed by atoms with van der Waals surface area (Å²) in [5, 5.41) is 24.8. The Bertz CT molecular complexity index is 1940. The van der Waals surface area contributed by atoms with Crippen molar-refractivity contribution >= 4 is 45.2 Å². The Morgan fingerprint density at radius 1 is 0.940 bits per heavy atom. The van der Waals surface area contributed by atoms with Crippen LogP contribution in [0.25, 0.3) is 11.1 Å². The zero-order chi connectivity index (χ0) is 35.9. The van der Waals surface area contributed by atoms with E-state index in [2.05, 4.69) is 15.4 Å². The molecular weight excluding hydrogens is 677 g/mol. The van der Waals surface area contributed by atoms with E-state index in [4.69, 9.17) is 5.11 Å². The molecule has 0 radical (unpaired) electrons. The van der Waals surface area contributed by atoms with Gasteiger partial charge in [0.05, 0.1) is 29.8 Å². The summed E-state index contributed by atoms with van der Waals surface area (Å²) in [5.74, 6) is -1.00. The molecule has 2 atom stereocenters. The summed E-state index contributed by atoms with van der Waals surface area (Å²) in [7, 11) is -4.21. The second-order valence-corrected chi connectivity index (χ2v) is 15.3. The number of anilines is 1. The monoisotopic (exact) mass is 716 g/mol. The fourth-order valence-corrected chi connectivity index (χ4v) is 7.80. The molecule has 0 unspecified atom stereocenters. The molecule has 4 aromatic carbocycles. The van der Waals surface area contributed by atoms with Crippen molar-refractivity contribution in [3.8, 4) is 11.1 Å². The van der Waals surface area contributed by atoms with Crippen molar-refractivity contribution in [3.05, 3.63) is 114 Å². The summed E-state index contributed by atoms with van der Waals surface area (Å²) in [6, 6.07) is 28.4. The van der Waals surface area contributed by atoms with Crippen LogP contribution in [-0.2, 0) is 26.2 Å². The molecule has 50 heavy (non-hydrogen) atoms. The molecule has 5 N–H and O–H groups in total. The molecule has 5 rings (SSSR count). The van der Waals surface area contributed by atoms with Crippen LogP contribution in [0.2, 0.25) is 0 Å². The number of aliphatic hydroxyl groups excluding tert-OH is 2. The fourth-order valence-electron chi connectivity index (χ4n) is 5.53. The molecule has 0 fully saturated rings. The first-order valence-electron chi connectivity index (χ1n) is 16.0. The van der Waals surface area contributed by atoms with Crippen molar-refractivity contribution in [2.45, 2.75) is 54.3 Å². The smallest absolute Gasteiger partial charge is 0.264 e. The van der Waals surface area contributed by atoms with Gasteiger partial charge in [0.25, 0.3) is 21.8 Å². The molecule has 3 amide bonds. The van der Waals surface area contributed by atoms with Crippen LogP contribution in [0.15, 0.2) is 113 Å². The number of β-amino-alcohol motifs (C(OH)–C–C–N with tert-alkyl or cyclic N) is 1. The number of nitrogens with one attached hydrogen (secondary N) is 3. The third-order valence-electron chi connectivity index (χ3n) is 8.14. The molecule has 0 aliphatic carbocycles. The Labute approximate surface area is 296 Å². The van der Waals surface area contributed by atoms with Crippen molar-refractivity contribution in [3.63, 3.8) is 0 Å². The van der Waals surface area contributed by atoms with E-state index in [1.54, 1.807) is 67.3 Å². The second-order valence-electron chi connectivity index (χ2n) is 12.6. The SMILES string of the molecule is CC(C)(CC(=O)N[C@@H]1CSc2ccccc2N(Cc2ccc(-c3ccccc3S(=O)(=O)NC(=O)c3ccccc3)cc2)C1=O)NC[C@H](O)CO. The molecular formula is C37H40N4O7S2. The Kier molecular flexibility index (Phi) is 11.8. The number of fused-ring (bicyclic) bond motifs is 1. The molecule has 4 aromatic rings. The van der Waals surface area contributed by atoms with Crippen LogP contribution >= 0.6 is 11.8 Å². The van der Waals surface area contributed by atoms with Gasteiger partial charge in [-0.1, -0.05) is 72.8 Å². The van der Waals surface area contributed by atoms with Gasteiger partial charge < -0.3 is 25.7 Å².